The van der Waals surface area contributed by atoms with Crippen LogP contribution in [0.15, 0.2) is 36.4 Å². The van der Waals surface area contributed by atoms with Crippen LogP contribution in [-0.2, 0) is 9.53 Å². The number of ether oxygens (including phenoxy) is 1. The number of carbonyl (C=O) groups is 2. The largest absolute Gasteiger partial charge is 0.378 e. The minimum Gasteiger partial charge on any atom is -0.378 e. The lowest BCUT2D eigenvalue weighted by Crippen LogP contribution is -2.44. The van der Waals surface area contributed by atoms with Crippen molar-refractivity contribution in [2.75, 3.05) is 37.7 Å². The van der Waals surface area contributed by atoms with Crippen molar-refractivity contribution >= 4 is 28.2 Å². The van der Waals surface area contributed by atoms with Crippen molar-refractivity contribution in [3.05, 3.63) is 41.3 Å². The number of nitrogens with zero attached hydrogens (tertiary/aromatic N) is 1. The number of anilines is 1. The van der Waals surface area contributed by atoms with Gasteiger partial charge in [-0.25, -0.2) is 0 Å². The Morgan fingerprint density at radius 2 is 1.93 bits per heavy atom. The SMILES string of the molecule is CCNC(=O)[C@@H](C)NC(=O)c1cc(-c2ccccc2)c(N2CCOCC2)s1. The molecular weight excluding hydrogens is 362 g/mol. The van der Waals surface area contributed by atoms with Crippen molar-refractivity contribution in [2.45, 2.75) is 19.9 Å². The van der Waals surface area contributed by atoms with Crippen LogP contribution in [0.25, 0.3) is 11.1 Å². The van der Waals surface area contributed by atoms with Gasteiger partial charge in [0.05, 0.1) is 23.1 Å². The lowest BCUT2D eigenvalue weighted by atomic mass is 10.1. The molecule has 1 atom stereocenters. The number of thiophene rings is 1. The maximum atomic E-state index is 12.7. The molecule has 2 N–H and O–H groups in total. The molecule has 0 radical (unpaired) electrons. The van der Waals surface area contributed by atoms with Gasteiger partial charge in [-0.2, -0.15) is 0 Å². The first-order valence-electron chi connectivity index (χ1n) is 9.20. The summed E-state index contributed by atoms with van der Waals surface area (Å²) in [7, 11) is 0. The third kappa shape index (κ3) is 4.67. The molecule has 27 heavy (non-hydrogen) atoms. The summed E-state index contributed by atoms with van der Waals surface area (Å²) in [5.74, 6) is -0.408. The molecule has 0 saturated carbocycles. The van der Waals surface area contributed by atoms with E-state index < -0.39 is 6.04 Å². The number of amides is 2. The van der Waals surface area contributed by atoms with Crippen molar-refractivity contribution < 1.29 is 14.3 Å². The van der Waals surface area contributed by atoms with Crippen LogP contribution in [0.1, 0.15) is 23.5 Å². The summed E-state index contributed by atoms with van der Waals surface area (Å²) in [5, 5.41) is 6.59. The van der Waals surface area contributed by atoms with Gasteiger partial charge < -0.3 is 20.3 Å². The van der Waals surface area contributed by atoms with Gasteiger partial charge in [0.2, 0.25) is 5.91 Å². The van der Waals surface area contributed by atoms with E-state index in [1.165, 1.54) is 11.3 Å². The van der Waals surface area contributed by atoms with Crippen molar-refractivity contribution in [3.63, 3.8) is 0 Å². The zero-order valence-corrected chi connectivity index (χ0v) is 16.5. The molecule has 0 spiro atoms. The summed E-state index contributed by atoms with van der Waals surface area (Å²) in [6, 6.07) is 11.4. The van der Waals surface area contributed by atoms with Crippen LogP contribution in [-0.4, -0.2) is 50.7 Å². The molecule has 0 bridgehead atoms. The number of likely N-dealkylation sites (N-methyl/N-ethyl adjacent to an activating group) is 1. The molecule has 1 aromatic heterocycles. The van der Waals surface area contributed by atoms with E-state index in [0.29, 0.717) is 24.6 Å². The van der Waals surface area contributed by atoms with Crippen LogP contribution in [0.3, 0.4) is 0 Å². The van der Waals surface area contributed by atoms with Crippen molar-refractivity contribution in [3.8, 4) is 11.1 Å². The van der Waals surface area contributed by atoms with Gasteiger partial charge in [0.1, 0.15) is 6.04 Å². The first-order valence-corrected chi connectivity index (χ1v) is 10.0. The van der Waals surface area contributed by atoms with Gasteiger partial charge in [-0.15, -0.1) is 11.3 Å². The molecule has 2 heterocycles. The first kappa shape index (κ1) is 19.4. The number of benzene rings is 1. The Hall–Kier alpha value is -2.38. The summed E-state index contributed by atoms with van der Waals surface area (Å²) in [5.41, 5.74) is 2.12. The van der Waals surface area contributed by atoms with E-state index in [4.69, 9.17) is 4.74 Å². The third-order valence-corrected chi connectivity index (χ3v) is 5.61. The van der Waals surface area contributed by atoms with E-state index in [1.807, 2.05) is 43.3 Å². The smallest absolute Gasteiger partial charge is 0.262 e. The van der Waals surface area contributed by atoms with E-state index in [2.05, 4.69) is 15.5 Å². The highest BCUT2D eigenvalue weighted by molar-refractivity contribution is 7.18. The van der Waals surface area contributed by atoms with E-state index in [9.17, 15) is 9.59 Å². The molecule has 6 nitrogen and oxygen atoms in total. The highest BCUT2D eigenvalue weighted by atomic mass is 32.1. The van der Waals surface area contributed by atoms with Crippen LogP contribution in [0, 0.1) is 0 Å². The molecule has 2 aromatic rings. The second-order valence-corrected chi connectivity index (χ2v) is 7.42. The molecule has 3 rings (SSSR count). The average Bonchev–Trinajstić information content (AvgIpc) is 3.15. The Labute approximate surface area is 163 Å². The maximum absolute atomic E-state index is 12.7. The van der Waals surface area contributed by atoms with Crippen LogP contribution in [0.2, 0.25) is 0 Å². The van der Waals surface area contributed by atoms with Gasteiger partial charge in [-0.1, -0.05) is 30.3 Å². The fourth-order valence-electron chi connectivity index (χ4n) is 2.98. The van der Waals surface area contributed by atoms with Gasteiger partial charge in [0.15, 0.2) is 0 Å². The number of rotatable bonds is 6. The topological polar surface area (TPSA) is 70.7 Å². The summed E-state index contributed by atoms with van der Waals surface area (Å²) < 4.78 is 5.46. The molecule has 0 aliphatic carbocycles. The summed E-state index contributed by atoms with van der Waals surface area (Å²) in [6.45, 7) is 7.05. The van der Waals surface area contributed by atoms with Gasteiger partial charge >= 0.3 is 0 Å². The molecule has 7 heteroatoms. The van der Waals surface area contributed by atoms with E-state index in [1.54, 1.807) is 6.92 Å². The molecule has 1 aromatic carbocycles. The van der Waals surface area contributed by atoms with Gasteiger partial charge in [-0.05, 0) is 25.5 Å². The lowest BCUT2D eigenvalue weighted by Gasteiger charge is -2.28. The second kappa shape index (κ2) is 9.01. The Bertz CT molecular complexity index is 785. The highest BCUT2D eigenvalue weighted by Gasteiger charge is 2.23. The van der Waals surface area contributed by atoms with Crippen molar-refractivity contribution in [1.82, 2.24) is 10.6 Å². The second-order valence-electron chi connectivity index (χ2n) is 6.38. The van der Waals surface area contributed by atoms with Crippen LogP contribution >= 0.6 is 11.3 Å². The molecule has 144 valence electrons. The standard InChI is InChI=1S/C20H25N3O3S/c1-3-21-18(24)14(2)22-19(25)17-13-16(15-7-5-4-6-8-15)20(27-17)23-9-11-26-12-10-23/h4-8,13-14H,3,9-12H2,1-2H3,(H,21,24)(H,22,25)/t14-/m1/s1. The highest BCUT2D eigenvalue weighted by Crippen LogP contribution is 2.39. The van der Waals surface area contributed by atoms with Crippen molar-refractivity contribution in [2.24, 2.45) is 0 Å². The van der Waals surface area contributed by atoms with Gasteiger partial charge in [-0.3, -0.25) is 9.59 Å². The number of carbonyl (C=O) groups excluding carboxylic acids is 2. The number of hydrogen-bond donors (Lipinski definition) is 2. The molecule has 0 unspecified atom stereocenters. The molecule has 1 aliphatic rings. The quantitative estimate of drug-likeness (QED) is 0.799. The number of morpholine rings is 1. The van der Waals surface area contributed by atoms with Crippen LogP contribution in [0.4, 0.5) is 5.00 Å². The fourth-order valence-corrected chi connectivity index (χ4v) is 4.11. The van der Waals surface area contributed by atoms with Crippen molar-refractivity contribution in [1.29, 1.82) is 0 Å². The Morgan fingerprint density at radius 1 is 1.22 bits per heavy atom. The zero-order valence-electron chi connectivity index (χ0n) is 15.7. The molecule has 1 aliphatic heterocycles. The fraction of sp³-hybridized carbons (Fsp3) is 0.400. The minimum absolute atomic E-state index is 0.181. The Balaban J connectivity index is 1.86. The molecule has 2 amide bonds. The normalized spacial score (nSPS) is 15.3. The van der Waals surface area contributed by atoms with Crippen LogP contribution < -0.4 is 15.5 Å². The predicted molar refractivity (Wildman–Crippen MR) is 108 cm³/mol. The first-order chi connectivity index (χ1) is 13.1. The van der Waals surface area contributed by atoms with E-state index >= 15 is 0 Å². The molecular formula is C20H25N3O3S. The summed E-state index contributed by atoms with van der Waals surface area (Å²) >= 11 is 1.46. The lowest BCUT2D eigenvalue weighted by molar-refractivity contribution is -0.122. The predicted octanol–water partition coefficient (Wildman–Crippen LogP) is 2.51. The molecule has 1 saturated heterocycles. The number of nitrogens with one attached hydrogen (secondary N) is 2. The van der Waals surface area contributed by atoms with E-state index in [-0.39, 0.29) is 11.8 Å². The Morgan fingerprint density at radius 3 is 2.59 bits per heavy atom. The zero-order chi connectivity index (χ0) is 19.2. The molecule has 1 fully saturated rings. The maximum Gasteiger partial charge on any atom is 0.262 e. The Kier molecular flexibility index (Phi) is 6.47. The van der Waals surface area contributed by atoms with Gasteiger partial charge in [0, 0.05) is 25.2 Å². The van der Waals surface area contributed by atoms with Crippen LogP contribution in [0.5, 0.6) is 0 Å². The minimum atomic E-state index is -0.577. The average molecular weight is 388 g/mol. The van der Waals surface area contributed by atoms with Gasteiger partial charge in [0.25, 0.3) is 5.91 Å². The monoisotopic (exact) mass is 387 g/mol. The summed E-state index contributed by atoms with van der Waals surface area (Å²) in [6.07, 6.45) is 0. The third-order valence-electron chi connectivity index (χ3n) is 4.41. The number of hydrogen-bond acceptors (Lipinski definition) is 5. The summed E-state index contributed by atoms with van der Waals surface area (Å²) in [4.78, 5) is 27.5. The van der Waals surface area contributed by atoms with E-state index in [0.717, 1.165) is 29.2 Å².